The van der Waals surface area contributed by atoms with Crippen molar-refractivity contribution in [3.05, 3.63) is 21.9 Å². The van der Waals surface area contributed by atoms with Gasteiger partial charge in [-0.05, 0) is 25.0 Å². The Kier molecular flexibility index (Phi) is 10.0. The van der Waals surface area contributed by atoms with Gasteiger partial charge in [-0.2, -0.15) is 0 Å². The maximum atomic E-state index is 6.27. The van der Waals surface area contributed by atoms with E-state index < -0.39 is 0 Å². The van der Waals surface area contributed by atoms with Gasteiger partial charge in [-0.3, -0.25) is 0 Å². The second-order valence-electron chi connectivity index (χ2n) is 5.88. The Hall–Kier alpha value is -0.340. The minimum absolute atomic E-state index is 0.268. The van der Waals surface area contributed by atoms with Gasteiger partial charge >= 0.3 is 0 Å². The molecule has 1 rings (SSSR count). The normalized spacial score (nSPS) is 12.8. The van der Waals surface area contributed by atoms with E-state index in [0.717, 1.165) is 12.8 Å². The molecule has 0 aliphatic rings. The molecule has 20 heavy (non-hydrogen) atoms. The van der Waals surface area contributed by atoms with Crippen LogP contribution >= 0.6 is 11.3 Å². The number of unbranched alkanes of at least 4 members (excludes halogenated alkanes) is 8. The lowest BCUT2D eigenvalue weighted by Gasteiger charge is -2.09. The van der Waals surface area contributed by atoms with E-state index in [2.05, 4.69) is 26.0 Å². The monoisotopic (exact) mass is 295 g/mol. The van der Waals surface area contributed by atoms with Crippen LogP contribution in [0.2, 0.25) is 0 Å². The largest absolute Gasteiger partial charge is 0.323 e. The summed E-state index contributed by atoms with van der Waals surface area (Å²) in [7, 11) is 0. The fourth-order valence-corrected chi connectivity index (χ4v) is 3.59. The summed E-state index contributed by atoms with van der Waals surface area (Å²) in [5, 5.41) is 0. The Morgan fingerprint density at radius 1 is 0.900 bits per heavy atom. The first-order valence-electron chi connectivity index (χ1n) is 8.62. The van der Waals surface area contributed by atoms with Gasteiger partial charge in [-0.15, -0.1) is 11.3 Å². The SMILES string of the molecule is CCCCCCCCCCCC(N)c1ccc(CC)s1. The molecule has 2 N–H and O–H groups in total. The molecule has 1 aromatic heterocycles. The van der Waals surface area contributed by atoms with Gasteiger partial charge in [-0.1, -0.05) is 71.6 Å². The van der Waals surface area contributed by atoms with E-state index in [9.17, 15) is 0 Å². The van der Waals surface area contributed by atoms with Gasteiger partial charge in [0.25, 0.3) is 0 Å². The van der Waals surface area contributed by atoms with Gasteiger partial charge in [0.1, 0.15) is 0 Å². The highest BCUT2D eigenvalue weighted by Gasteiger charge is 2.08. The second-order valence-corrected chi connectivity index (χ2v) is 7.08. The molecule has 0 amide bonds. The summed E-state index contributed by atoms with van der Waals surface area (Å²) in [5.74, 6) is 0. The lowest BCUT2D eigenvalue weighted by molar-refractivity contribution is 0.535. The van der Waals surface area contributed by atoms with Gasteiger partial charge in [0.2, 0.25) is 0 Å². The third-order valence-electron chi connectivity index (χ3n) is 4.02. The van der Waals surface area contributed by atoms with Crippen molar-refractivity contribution < 1.29 is 0 Å². The fourth-order valence-electron chi connectivity index (χ4n) is 2.60. The minimum atomic E-state index is 0.268. The smallest absolute Gasteiger partial charge is 0.0389 e. The fraction of sp³-hybridized carbons (Fsp3) is 0.778. The van der Waals surface area contributed by atoms with Gasteiger partial charge in [-0.25, -0.2) is 0 Å². The minimum Gasteiger partial charge on any atom is -0.323 e. The zero-order valence-corrected chi connectivity index (χ0v) is 14.3. The first kappa shape index (κ1) is 17.7. The molecule has 0 fully saturated rings. The van der Waals surface area contributed by atoms with Crippen molar-refractivity contribution in [3.63, 3.8) is 0 Å². The molecule has 0 spiro atoms. The topological polar surface area (TPSA) is 26.0 Å². The summed E-state index contributed by atoms with van der Waals surface area (Å²) >= 11 is 1.90. The number of aryl methyl sites for hydroxylation is 1. The highest BCUT2D eigenvalue weighted by molar-refractivity contribution is 7.12. The van der Waals surface area contributed by atoms with Crippen molar-refractivity contribution in [2.75, 3.05) is 0 Å². The first-order chi connectivity index (χ1) is 9.77. The van der Waals surface area contributed by atoms with E-state index in [-0.39, 0.29) is 6.04 Å². The van der Waals surface area contributed by atoms with Gasteiger partial charge < -0.3 is 5.73 Å². The van der Waals surface area contributed by atoms with Crippen LogP contribution in [0.1, 0.15) is 93.9 Å². The standard InChI is InChI=1S/C18H33NS/c1-3-5-6-7-8-9-10-11-12-13-17(19)18-15-14-16(4-2)20-18/h14-15,17H,3-13,19H2,1-2H3. The highest BCUT2D eigenvalue weighted by Crippen LogP contribution is 2.25. The lowest BCUT2D eigenvalue weighted by Crippen LogP contribution is -2.08. The molecule has 0 saturated heterocycles. The van der Waals surface area contributed by atoms with Crippen molar-refractivity contribution in [3.8, 4) is 0 Å². The van der Waals surface area contributed by atoms with E-state index in [1.165, 1.54) is 67.5 Å². The summed E-state index contributed by atoms with van der Waals surface area (Å²) < 4.78 is 0. The summed E-state index contributed by atoms with van der Waals surface area (Å²) in [4.78, 5) is 2.84. The van der Waals surface area contributed by atoms with E-state index in [0.29, 0.717) is 0 Å². The van der Waals surface area contributed by atoms with Crippen molar-refractivity contribution in [2.45, 2.75) is 90.5 Å². The molecule has 1 unspecified atom stereocenters. The molecule has 0 saturated carbocycles. The highest BCUT2D eigenvalue weighted by atomic mass is 32.1. The third kappa shape index (κ3) is 7.44. The number of hydrogen-bond donors (Lipinski definition) is 1. The molecule has 1 nitrogen and oxygen atoms in total. The zero-order valence-electron chi connectivity index (χ0n) is 13.5. The third-order valence-corrected chi connectivity index (χ3v) is 5.38. The number of rotatable bonds is 12. The molecular weight excluding hydrogens is 262 g/mol. The molecular formula is C18H33NS. The number of hydrogen-bond acceptors (Lipinski definition) is 2. The Balaban J connectivity index is 1.98. The van der Waals surface area contributed by atoms with E-state index >= 15 is 0 Å². The van der Waals surface area contributed by atoms with Crippen LogP contribution in [0.3, 0.4) is 0 Å². The van der Waals surface area contributed by atoms with Crippen molar-refractivity contribution in [1.29, 1.82) is 0 Å². The van der Waals surface area contributed by atoms with Crippen molar-refractivity contribution in [1.82, 2.24) is 0 Å². The molecule has 1 aromatic rings. The maximum Gasteiger partial charge on any atom is 0.0389 e. The summed E-state index contributed by atoms with van der Waals surface area (Å²) in [6.07, 6.45) is 14.8. The maximum absolute atomic E-state index is 6.27. The second kappa shape index (κ2) is 11.3. The molecule has 0 aliphatic heterocycles. The van der Waals surface area contributed by atoms with Crippen LogP contribution in [0.5, 0.6) is 0 Å². The predicted molar refractivity (Wildman–Crippen MR) is 92.5 cm³/mol. The molecule has 0 aliphatic carbocycles. The average Bonchev–Trinajstić information content (AvgIpc) is 2.94. The molecule has 0 aromatic carbocycles. The first-order valence-corrected chi connectivity index (χ1v) is 9.43. The van der Waals surface area contributed by atoms with Crippen LogP contribution in [0.25, 0.3) is 0 Å². The number of nitrogens with two attached hydrogens (primary N) is 1. The van der Waals surface area contributed by atoms with Crippen LogP contribution in [0, 0.1) is 0 Å². The summed E-state index contributed by atoms with van der Waals surface area (Å²) in [6.45, 7) is 4.49. The Labute approximate surface area is 130 Å². The summed E-state index contributed by atoms with van der Waals surface area (Å²) in [6, 6.07) is 4.72. The molecule has 1 atom stereocenters. The van der Waals surface area contributed by atoms with Crippen LogP contribution in [-0.2, 0) is 6.42 Å². The van der Waals surface area contributed by atoms with Crippen LogP contribution in [0.15, 0.2) is 12.1 Å². The molecule has 2 heteroatoms. The van der Waals surface area contributed by atoms with Crippen LogP contribution in [-0.4, -0.2) is 0 Å². The molecule has 116 valence electrons. The van der Waals surface area contributed by atoms with E-state index in [1.807, 2.05) is 11.3 Å². The van der Waals surface area contributed by atoms with E-state index in [4.69, 9.17) is 5.73 Å². The van der Waals surface area contributed by atoms with Crippen LogP contribution in [0.4, 0.5) is 0 Å². The molecule has 0 radical (unpaired) electrons. The Morgan fingerprint density at radius 3 is 2.05 bits per heavy atom. The van der Waals surface area contributed by atoms with Gasteiger partial charge in [0.15, 0.2) is 0 Å². The van der Waals surface area contributed by atoms with Crippen molar-refractivity contribution >= 4 is 11.3 Å². The van der Waals surface area contributed by atoms with Crippen molar-refractivity contribution in [2.24, 2.45) is 5.73 Å². The predicted octanol–water partition coefficient (Wildman–Crippen LogP) is 6.23. The quantitative estimate of drug-likeness (QED) is 0.454. The summed E-state index contributed by atoms with van der Waals surface area (Å²) in [5.41, 5.74) is 6.27. The average molecular weight is 296 g/mol. The lowest BCUT2D eigenvalue weighted by atomic mass is 10.0. The van der Waals surface area contributed by atoms with E-state index in [1.54, 1.807) is 0 Å². The molecule has 0 bridgehead atoms. The number of thiophene rings is 1. The Morgan fingerprint density at radius 2 is 1.50 bits per heavy atom. The molecule has 1 heterocycles. The zero-order chi connectivity index (χ0) is 14.6. The van der Waals surface area contributed by atoms with Crippen LogP contribution < -0.4 is 5.73 Å². The van der Waals surface area contributed by atoms with Gasteiger partial charge in [0.05, 0.1) is 0 Å². The van der Waals surface area contributed by atoms with Gasteiger partial charge in [0, 0.05) is 15.8 Å². The Bertz CT molecular complexity index is 332.